The lowest BCUT2D eigenvalue weighted by atomic mass is 10.3. The monoisotopic (exact) mass is 326 g/mol. The van der Waals surface area contributed by atoms with E-state index in [-0.39, 0.29) is 32.2 Å². The van der Waals surface area contributed by atoms with E-state index in [4.69, 9.17) is 37.0 Å². The molecule has 0 aliphatic heterocycles. The number of aliphatic hydroxyl groups is 1. The van der Waals surface area contributed by atoms with Crippen molar-refractivity contribution in [2.24, 2.45) is 11.5 Å². The van der Waals surface area contributed by atoms with Gasteiger partial charge in [0.25, 0.3) is 0 Å². The molecule has 0 rings (SSSR count). The summed E-state index contributed by atoms with van der Waals surface area (Å²) in [5.74, 6) is -4.31. The fourth-order valence-corrected chi connectivity index (χ4v) is 0.428. The summed E-state index contributed by atoms with van der Waals surface area (Å²) in [5, 5.41) is 40.1. The van der Waals surface area contributed by atoms with Gasteiger partial charge in [0.1, 0.15) is 5.72 Å². The number of carboxylic acid groups (broad SMARTS) is 4. The highest BCUT2D eigenvalue weighted by Gasteiger charge is 2.06. The van der Waals surface area contributed by atoms with Crippen molar-refractivity contribution >= 4 is 23.9 Å². The van der Waals surface area contributed by atoms with Gasteiger partial charge in [-0.3, -0.25) is 19.2 Å². The SMILES string of the molecule is CC(N)(O)CN.O=C(O)CCC(=O)O.O=C(O)CCC(=O)O. The number of aliphatic carboxylic acids is 4. The summed E-state index contributed by atoms with van der Waals surface area (Å²) in [6, 6.07) is 0. The third-order valence-corrected chi connectivity index (χ3v) is 1.52. The van der Waals surface area contributed by atoms with Gasteiger partial charge in [0.2, 0.25) is 0 Å². The molecule has 9 N–H and O–H groups in total. The van der Waals surface area contributed by atoms with Crippen LogP contribution in [0.4, 0.5) is 0 Å². The lowest BCUT2D eigenvalue weighted by Crippen LogP contribution is -2.43. The third-order valence-electron chi connectivity index (χ3n) is 1.52. The summed E-state index contributed by atoms with van der Waals surface area (Å²) in [7, 11) is 0. The molecular weight excluding hydrogens is 304 g/mol. The van der Waals surface area contributed by atoms with E-state index >= 15 is 0 Å². The lowest BCUT2D eigenvalue weighted by Gasteiger charge is -2.11. The average molecular weight is 326 g/mol. The van der Waals surface area contributed by atoms with Crippen LogP contribution in [0, 0.1) is 0 Å². The fourth-order valence-electron chi connectivity index (χ4n) is 0.428. The summed E-state index contributed by atoms with van der Waals surface area (Å²) in [6.07, 6.45) is -1.19. The van der Waals surface area contributed by atoms with Crippen molar-refractivity contribution in [2.45, 2.75) is 38.3 Å². The molecule has 1 atom stereocenters. The maximum atomic E-state index is 9.64. The maximum Gasteiger partial charge on any atom is 0.303 e. The molecule has 0 bridgehead atoms. The summed E-state index contributed by atoms with van der Waals surface area (Å²) < 4.78 is 0. The van der Waals surface area contributed by atoms with Gasteiger partial charge in [-0.1, -0.05) is 0 Å². The molecule has 0 heterocycles. The Morgan fingerprint density at radius 1 is 0.773 bits per heavy atom. The molecule has 11 nitrogen and oxygen atoms in total. The topological polar surface area (TPSA) is 221 Å². The molecule has 0 aliphatic carbocycles. The summed E-state index contributed by atoms with van der Waals surface area (Å²) in [4.78, 5) is 38.6. The summed E-state index contributed by atoms with van der Waals surface area (Å²) in [6.45, 7) is 1.56. The predicted octanol–water partition coefficient (Wildman–Crippen LogP) is -1.52. The molecule has 0 aliphatic rings. The van der Waals surface area contributed by atoms with E-state index in [2.05, 4.69) is 0 Å². The van der Waals surface area contributed by atoms with Gasteiger partial charge >= 0.3 is 23.9 Å². The summed E-state index contributed by atoms with van der Waals surface area (Å²) in [5.41, 5.74) is 8.72. The number of nitrogens with two attached hydrogens (primary N) is 2. The third kappa shape index (κ3) is 43.1. The smallest absolute Gasteiger partial charge is 0.303 e. The molecule has 0 saturated heterocycles. The first kappa shape index (κ1) is 24.8. The van der Waals surface area contributed by atoms with E-state index in [0.717, 1.165) is 0 Å². The normalized spacial score (nSPS) is 11.6. The Labute approximate surface area is 126 Å². The minimum absolute atomic E-state index is 0.104. The van der Waals surface area contributed by atoms with Crippen LogP contribution in [0.1, 0.15) is 32.6 Å². The van der Waals surface area contributed by atoms with Crippen LogP contribution >= 0.6 is 0 Å². The molecule has 0 radical (unpaired) electrons. The molecule has 22 heavy (non-hydrogen) atoms. The first-order valence-corrected chi connectivity index (χ1v) is 5.90. The van der Waals surface area contributed by atoms with E-state index in [9.17, 15) is 19.2 Å². The van der Waals surface area contributed by atoms with Gasteiger partial charge in [0.05, 0.1) is 25.7 Å². The zero-order chi connectivity index (χ0) is 18.3. The minimum atomic E-state index is -1.18. The molecule has 130 valence electrons. The van der Waals surface area contributed by atoms with Crippen molar-refractivity contribution in [3.05, 3.63) is 0 Å². The van der Waals surface area contributed by atoms with Crippen LogP contribution in [0.5, 0.6) is 0 Å². The van der Waals surface area contributed by atoms with Crippen LogP contribution in [0.15, 0.2) is 0 Å². The van der Waals surface area contributed by atoms with Crippen LogP contribution in [0.2, 0.25) is 0 Å². The van der Waals surface area contributed by atoms with Crippen molar-refractivity contribution in [1.29, 1.82) is 0 Å². The highest BCUT2D eigenvalue weighted by atomic mass is 16.4. The Morgan fingerprint density at radius 3 is 0.955 bits per heavy atom. The Morgan fingerprint density at radius 2 is 0.909 bits per heavy atom. The number of hydrogen-bond donors (Lipinski definition) is 7. The number of carboxylic acids is 4. The molecular formula is C11H22N2O9. The molecule has 0 fully saturated rings. The van der Waals surface area contributed by atoms with Crippen molar-refractivity contribution in [2.75, 3.05) is 6.54 Å². The van der Waals surface area contributed by atoms with Gasteiger partial charge < -0.3 is 37.0 Å². The number of rotatable bonds is 7. The van der Waals surface area contributed by atoms with Gasteiger partial charge in [-0.15, -0.1) is 0 Å². The van der Waals surface area contributed by atoms with Crippen LogP contribution < -0.4 is 11.5 Å². The predicted molar refractivity (Wildman–Crippen MR) is 72.9 cm³/mol. The highest BCUT2D eigenvalue weighted by molar-refractivity contribution is 5.75. The Kier molecular flexibility index (Phi) is 15.5. The van der Waals surface area contributed by atoms with Crippen molar-refractivity contribution in [3.8, 4) is 0 Å². The second-order valence-electron chi connectivity index (χ2n) is 4.14. The molecule has 0 amide bonds. The quantitative estimate of drug-likeness (QED) is 0.266. The van der Waals surface area contributed by atoms with Gasteiger partial charge in [-0.05, 0) is 6.92 Å². The number of carbonyl (C=O) groups is 4. The van der Waals surface area contributed by atoms with Gasteiger partial charge in [0, 0.05) is 6.54 Å². The van der Waals surface area contributed by atoms with Gasteiger partial charge in [0.15, 0.2) is 0 Å². The average Bonchev–Trinajstić information content (AvgIpc) is 2.34. The number of hydrogen-bond acceptors (Lipinski definition) is 7. The lowest BCUT2D eigenvalue weighted by molar-refractivity contribution is -0.143. The molecule has 0 saturated carbocycles. The first-order chi connectivity index (χ1) is 9.81. The molecule has 0 aromatic rings. The maximum absolute atomic E-state index is 9.64. The first-order valence-electron chi connectivity index (χ1n) is 5.90. The standard InChI is InChI=1S/2C4H6O4.C3H10N2O/c2*5-3(6)1-2-4(7)8;1-3(5,6)2-4/h2*1-2H2,(H,5,6)(H,7,8);6H,2,4-5H2,1H3. The molecule has 1 unspecified atom stereocenters. The summed E-state index contributed by atoms with van der Waals surface area (Å²) >= 11 is 0. The van der Waals surface area contributed by atoms with Gasteiger partial charge in [-0.2, -0.15) is 0 Å². The minimum Gasteiger partial charge on any atom is -0.481 e. The van der Waals surface area contributed by atoms with Crippen LogP contribution in [-0.2, 0) is 19.2 Å². The highest BCUT2D eigenvalue weighted by Crippen LogP contribution is 1.86. The zero-order valence-electron chi connectivity index (χ0n) is 12.1. The van der Waals surface area contributed by atoms with Crippen molar-refractivity contribution in [3.63, 3.8) is 0 Å². The van der Waals surface area contributed by atoms with E-state index in [1.165, 1.54) is 6.92 Å². The van der Waals surface area contributed by atoms with Crippen LogP contribution in [0.3, 0.4) is 0 Å². The van der Waals surface area contributed by atoms with Crippen molar-refractivity contribution < 1.29 is 44.7 Å². The zero-order valence-corrected chi connectivity index (χ0v) is 12.1. The Balaban J connectivity index is -0.000000249. The van der Waals surface area contributed by atoms with Crippen LogP contribution in [-0.4, -0.2) is 61.7 Å². The largest absolute Gasteiger partial charge is 0.481 e. The van der Waals surface area contributed by atoms with E-state index in [1.807, 2.05) is 0 Å². The second kappa shape index (κ2) is 13.7. The Bertz CT molecular complexity index is 307. The molecule has 0 aromatic carbocycles. The van der Waals surface area contributed by atoms with Gasteiger partial charge in [-0.25, -0.2) is 0 Å². The van der Waals surface area contributed by atoms with Crippen LogP contribution in [0.25, 0.3) is 0 Å². The Hall–Kier alpha value is -2.24. The fraction of sp³-hybridized carbons (Fsp3) is 0.636. The van der Waals surface area contributed by atoms with E-state index in [0.29, 0.717) is 0 Å². The molecule has 11 heteroatoms. The van der Waals surface area contributed by atoms with E-state index in [1.54, 1.807) is 0 Å². The second-order valence-corrected chi connectivity index (χ2v) is 4.14. The van der Waals surface area contributed by atoms with Crippen molar-refractivity contribution in [1.82, 2.24) is 0 Å². The molecule has 0 aromatic heterocycles. The molecule has 0 spiro atoms. The van der Waals surface area contributed by atoms with E-state index < -0.39 is 29.6 Å².